The zero-order valence-electron chi connectivity index (χ0n) is 20.9. The fourth-order valence-corrected chi connectivity index (χ4v) is 5.81. The maximum absolute atomic E-state index is 15.3. The lowest BCUT2D eigenvalue weighted by molar-refractivity contribution is -0.203. The number of nitrogens with two attached hydrogens (primary N) is 1. The van der Waals surface area contributed by atoms with E-state index in [4.69, 9.17) is 19.8 Å². The molecule has 39 heavy (non-hydrogen) atoms. The van der Waals surface area contributed by atoms with Gasteiger partial charge in [-0.1, -0.05) is 5.16 Å². The molecule has 208 valence electrons. The van der Waals surface area contributed by atoms with Crippen LogP contribution in [0, 0.1) is 10.6 Å². The van der Waals surface area contributed by atoms with E-state index < -0.39 is 54.8 Å². The number of carbonyl (C=O) groups is 1. The van der Waals surface area contributed by atoms with E-state index in [-0.39, 0.29) is 22.9 Å². The molecular formula is C23H22F4N6O5S. The predicted molar refractivity (Wildman–Crippen MR) is 129 cm³/mol. The molecule has 1 aromatic carbocycles. The molecule has 3 aromatic rings. The van der Waals surface area contributed by atoms with E-state index in [0.29, 0.717) is 5.69 Å². The van der Waals surface area contributed by atoms with E-state index in [1.165, 1.54) is 45.5 Å². The Balaban J connectivity index is 1.84. The number of methoxy groups -OCH3 is 1. The lowest BCUT2D eigenvalue weighted by Crippen LogP contribution is -2.61. The van der Waals surface area contributed by atoms with Crippen molar-refractivity contribution in [2.24, 2.45) is 10.7 Å². The normalized spacial score (nSPS) is 24.6. The van der Waals surface area contributed by atoms with Gasteiger partial charge in [0.05, 0.1) is 29.2 Å². The number of halogens is 4. The van der Waals surface area contributed by atoms with Crippen LogP contribution in [0.2, 0.25) is 0 Å². The fourth-order valence-electron chi connectivity index (χ4n) is 3.87. The standard InChI is InChI=1S/C23H22F4N6O5S/c1-21(2)18(28)32-22(3,20(39(21,29)35)37-19(34)23(25,26)27)12-7-11(5-6-13(12)24)16-8-14(33-38-16)15-9-31-17(36-4)10-30-15/h5-10,20,29H,1-4H3,(H2,28,32)/t20?,22-,39-/m1/s1. The molecule has 0 radical (unpaired) electrons. The van der Waals surface area contributed by atoms with Crippen molar-refractivity contribution in [2.45, 2.75) is 42.7 Å². The summed E-state index contributed by atoms with van der Waals surface area (Å²) in [6.45, 7) is 3.50. The highest BCUT2D eigenvalue weighted by atomic mass is 32.2. The van der Waals surface area contributed by atoms with E-state index in [1.807, 2.05) is 0 Å². The monoisotopic (exact) mass is 570 g/mol. The van der Waals surface area contributed by atoms with Gasteiger partial charge in [0.15, 0.2) is 5.76 Å². The number of hydrogen-bond donors (Lipinski definition) is 2. The Morgan fingerprint density at radius 2 is 1.85 bits per heavy atom. The van der Waals surface area contributed by atoms with Gasteiger partial charge in [-0.3, -0.25) is 4.99 Å². The number of ether oxygens (including phenoxy) is 2. The number of aliphatic imine (C=N–C) groups is 1. The highest BCUT2D eigenvalue weighted by Crippen LogP contribution is 2.45. The molecule has 0 fully saturated rings. The third-order valence-electron chi connectivity index (χ3n) is 6.34. The number of carbonyl (C=O) groups excluding carboxylic acids is 1. The molecule has 0 saturated carbocycles. The van der Waals surface area contributed by atoms with Crippen molar-refractivity contribution < 1.29 is 40.6 Å². The van der Waals surface area contributed by atoms with Gasteiger partial charge in [0.25, 0.3) is 0 Å². The Kier molecular flexibility index (Phi) is 6.65. The topological polar surface area (TPSA) is 167 Å². The zero-order chi connectivity index (χ0) is 29.0. The van der Waals surface area contributed by atoms with Crippen molar-refractivity contribution in [3.8, 4) is 28.6 Å². The molecule has 1 aliphatic heterocycles. The summed E-state index contributed by atoms with van der Waals surface area (Å²) in [7, 11) is -2.90. The first-order valence-corrected chi connectivity index (χ1v) is 12.7. The van der Waals surface area contributed by atoms with Crippen LogP contribution in [0.1, 0.15) is 26.3 Å². The van der Waals surface area contributed by atoms with E-state index in [1.54, 1.807) is 0 Å². The van der Waals surface area contributed by atoms with Gasteiger partial charge in [0.1, 0.15) is 33.3 Å². The summed E-state index contributed by atoms with van der Waals surface area (Å²) in [5.74, 6) is -3.74. The Morgan fingerprint density at radius 1 is 1.15 bits per heavy atom. The van der Waals surface area contributed by atoms with Crippen LogP contribution in [0.15, 0.2) is 46.2 Å². The van der Waals surface area contributed by atoms with Crippen molar-refractivity contribution in [1.82, 2.24) is 15.1 Å². The summed E-state index contributed by atoms with van der Waals surface area (Å²) >= 11 is 0. The van der Waals surface area contributed by atoms with Crippen molar-refractivity contribution in [1.29, 1.82) is 4.78 Å². The molecule has 0 saturated heterocycles. The van der Waals surface area contributed by atoms with Crippen LogP contribution in [-0.4, -0.2) is 54.6 Å². The minimum atomic E-state index is -5.48. The molecule has 3 atom stereocenters. The number of nitrogens with one attached hydrogen (secondary N) is 1. The molecule has 4 rings (SSSR count). The van der Waals surface area contributed by atoms with Crippen LogP contribution in [0.5, 0.6) is 5.88 Å². The van der Waals surface area contributed by atoms with Crippen LogP contribution < -0.4 is 10.5 Å². The minimum absolute atomic E-state index is 0.0935. The summed E-state index contributed by atoms with van der Waals surface area (Å²) in [6, 6.07) is 4.86. The van der Waals surface area contributed by atoms with Gasteiger partial charge in [-0.25, -0.2) is 28.1 Å². The lowest BCUT2D eigenvalue weighted by Gasteiger charge is -2.45. The molecule has 16 heteroatoms. The molecule has 1 unspecified atom stereocenters. The maximum Gasteiger partial charge on any atom is 0.490 e. The van der Waals surface area contributed by atoms with Gasteiger partial charge in [-0.15, -0.1) is 0 Å². The summed E-state index contributed by atoms with van der Waals surface area (Å²) in [5.41, 5.74) is 1.65. The Labute approximate surface area is 219 Å². The van der Waals surface area contributed by atoms with Crippen molar-refractivity contribution in [2.75, 3.05) is 7.11 Å². The van der Waals surface area contributed by atoms with Crippen LogP contribution in [-0.2, 0) is 24.8 Å². The molecule has 0 amide bonds. The van der Waals surface area contributed by atoms with Crippen molar-refractivity contribution >= 4 is 21.5 Å². The maximum atomic E-state index is 15.3. The predicted octanol–water partition coefficient (Wildman–Crippen LogP) is 3.79. The number of alkyl halides is 3. The van der Waals surface area contributed by atoms with Crippen molar-refractivity contribution in [3.63, 3.8) is 0 Å². The average Bonchev–Trinajstić information content (AvgIpc) is 3.36. The third kappa shape index (κ3) is 4.68. The number of rotatable bonds is 5. The first-order chi connectivity index (χ1) is 18.0. The van der Waals surface area contributed by atoms with E-state index >= 15 is 4.39 Å². The lowest BCUT2D eigenvalue weighted by atomic mass is 9.90. The molecule has 2 aromatic heterocycles. The van der Waals surface area contributed by atoms with Gasteiger partial charge in [0.2, 0.25) is 11.3 Å². The molecule has 1 aliphatic rings. The van der Waals surface area contributed by atoms with Gasteiger partial charge in [-0.05, 0) is 39.0 Å². The highest BCUT2D eigenvalue weighted by molar-refractivity contribution is 7.95. The second kappa shape index (κ2) is 9.29. The first kappa shape index (κ1) is 27.9. The number of hydrogen-bond acceptors (Lipinski definition) is 11. The van der Waals surface area contributed by atoms with E-state index in [9.17, 15) is 22.2 Å². The Bertz CT molecular complexity index is 1570. The fraction of sp³-hybridized carbons (Fsp3) is 0.348. The summed E-state index contributed by atoms with van der Waals surface area (Å²) in [4.78, 5) is 24.1. The number of benzene rings is 1. The average molecular weight is 571 g/mol. The second-order valence-corrected chi connectivity index (χ2v) is 11.9. The summed E-state index contributed by atoms with van der Waals surface area (Å²) < 4.78 is 89.8. The third-order valence-corrected chi connectivity index (χ3v) is 9.22. The highest BCUT2D eigenvalue weighted by Gasteiger charge is 2.59. The van der Waals surface area contributed by atoms with Crippen LogP contribution in [0.25, 0.3) is 22.7 Å². The molecule has 0 spiro atoms. The quantitative estimate of drug-likeness (QED) is 0.343. The van der Waals surface area contributed by atoms with Crippen molar-refractivity contribution in [3.05, 3.63) is 48.0 Å². The molecule has 3 N–H and O–H groups in total. The van der Waals surface area contributed by atoms with Gasteiger partial charge < -0.3 is 19.7 Å². The molecular weight excluding hydrogens is 548 g/mol. The number of aromatic nitrogens is 3. The van der Waals surface area contributed by atoms with Crippen LogP contribution >= 0.6 is 0 Å². The minimum Gasteiger partial charge on any atom is -0.480 e. The van der Waals surface area contributed by atoms with Gasteiger partial charge in [0, 0.05) is 17.2 Å². The van der Waals surface area contributed by atoms with Gasteiger partial charge in [-0.2, -0.15) is 13.2 Å². The number of amidine groups is 1. The Hall–Kier alpha value is -4.08. The summed E-state index contributed by atoms with van der Waals surface area (Å²) in [5, 5.41) is 3.91. The number of nitrogens with zero attached hydrogens (tertiary/aromatic N) is 4. The zero-order valence-corrected chi connectivity index (χ0v) is 21.7. The largest absolute Gasteiger partial charge is 0.490 e. The van der Waals surface area contributed by atoms with Crippen LogP contribution in [0.3, 0.4) is 0 Å². The summed E-state index contributed by atoms with van der Waals surface area (Å²) in [6.07, 6.45) is -2.74. The number of esters is 1. The SMILES string of the molecule is COc1cnc(-c2cc(-c3ccc(F)c([C@@]4(C)N=C(N)C(C)(C)[S@](=N)(=O)C4OC(=O)C(F)(F)F)c3)on2)cn1. The second-order valence-electron chi connectivity index (χ2n) is 9.21. The molecule has 0 aliphatic carbocycles. The van der Waals surface area contributed by atoms with Crippen LogP contribution in [0.4, 0.5) is 17.6 Å². The van der Waals surface area contributed by atoms with E-state index in [0.717, 1.165) is 19.1 Å². The Morgan fingerprint density at radius 3 is 2.44 bits per heavy atom. The first-order valence-electron chi connectivity index (χ1n) is 11.1. The molecule has 11 nitrogen and oxygen atoms in total. The molecule has 0 bridgehead atoms. The van der Waals surface area contributed by atoms with E-state index in [2.05, 4.69) is 24.9 Å². The van der Waals surface area contributed by atoms with Gasteiger partial charge >= 0.3 is 12.1 Å². The smallest absolute Gasteiger partial charge is 0.480 e. The molecule has 3 heterocycles.